The van der Waals surface area contributed by atoms with Gasteiger partial charge in [0, 0.05) is 13.1 Å². The molecule has 1 heterocycles. The van der Waals surface area contributed by atoms with Crippen molar-refractivity contribution in [1.82, 2.24) is 9.13 Å². The molecule has 0 spiro atoms. The predicted octanol–water partition coefficient (Wildman–Crippen LogP) is 3.01. The molecule has 1 aromatic heterocycles. The van der Waals surface area contributed by atoms with E-state index in [0.717, 1.165) is 43.4 Å². The second-order valence-electron chi connectivity index (χ2n) is 4.43. The number of hydrogen-bond donors (Lipinski definition) is 0. The van der Waals surface area contributed by atoms with Crippen LogP contribution in [-0.4, -0.2) is 9.13 Å². The molecule has 0 atom stereocenters. The highest BCUT2D eigenvalue weighted by atomic mass is 16.1. The summed E-state index contributed by atoms with van der Waals surface area (Å²) in [6.45, 7) is 5.88. The summed E-state index contributed by atoms with van der Waals surface area (Å²) in [6, 6.07) is 8.08. The lowest BCUT2D eigenvalue weighted by molar-refractivity contribution is 0.587. The molecule has 0 N–H and O–H groups in total. The molecule has 0 saturated heterocycles. The SMILES string of the molecule is CCCCn1c(=O)n(CCC)c2ccccc21. The van der Waals surface area contributed by atoms with Gasteiger partial charge < -0.3 is 0 Å². The Bertz CT molecular complexity index is 551. The topological polar surface area (TPSA) is 26.9 Å². The Hall–Kier alpha value is -1.51. The van der Waals surface area contributed by atoms with Crippen LogP contribution in [0.1, 0.15) is 33.1 Å². The van der Waals surface area contributed by atoms with Gasteiger partial charge in [-0.05, 0) is 25.0 Å². The minimum atomic E-state index is 0.140. The number of rotatable bonds is 5. The first-order chi connectivity index (χ1) is 8.29. The molecule has 92 valence electrons. The van der Waals surface area contributed by atoms with Crippen LogP contribution >= 0.6 is 0 Å². The zero-order chi connectivity index (χ0) is 12.3. The van der Waals surface area contributed by atoms with Gasteiger partial charge >= 0.3 is 5.69 Å². The Balaban J connectivity index is 2.58. The molecule has 17 heavy (non-hydrogen) atoms. The van der Waals surface area contributed by atoms with E-state index >= 15 is 0 Å². The molecule has 0 radical (unpaired) electrons. The lowest BCUT2D eigenvalue weighted by Crippen LogP contribution is -2.24. The van der Waals surface area contributed by atoms with Crippen LogP contribution in [0.5, 0.6) is 0 Å². The predicted molar refractivity (Wildman–Crippen MR) is 71.4 cm³/mol. The molecule has 0 unspecified atom stereocenters. The number of aryl methyl sites for hydroxylation is 2. The molecule has 0 saturated carbocycles. The summed E-state index contributed by atoms with van der Waals surface area (Å²) < 4.78 is 3.81. The van der Waals surface area contributed by atoms with Crippen molar-refractivity contribution in [3.05, 3.63) is 34.7 Å². The second-order valence-corrected chi connectivity index (χ2v) is 4.43. The molecule has 0 amide bonds. The number of unbranched alkanes of at least 4 members (excludes halogenated alkanes) is 1. The number of imidazole rings is 1. The zero-order valence-corrected chi connectivity index (χ0v) is 10.6. The average molecular weight is 232 g/mol. The Morgan fingerprint density at radius 2 is 1.53 bits per heavy atom. The second kappa shape index (κ2) is 5.21. The molecule has 2 aromatic rings. The number of para-hydroxylation sites is 2. The fourth-order valence-electron chi connectivity index (χ4n) is 2.24. The molecule has 0 aliphatic rings. The van der Waals surface area contributed by atoms with Crippen LogP contribution in [0.25, 0.3) is 11.0 Å². The smallest absolute Gasteiger partial charge is 0.292 e. The summed E-state index contributed by atoms with van der Waals surface area (Å²) in [4.78, 5) is 12.3. The molecular weight excluding hydrogens is 212 g/mol. The quantitative estimate of drug-likeness (QED) is 0.778. The minimum absolute atomic E-state index is 0.140. The minimum Gasteiger partial charge on any atom is -0.292 e. The van der Waals surface area contributed by atoms with Crippen LogP contribution in [0.3, 0.4) is 0 Å². The van der Waals surface area contributed by atoms with E-state index in [1.807, 2.05) is 33.4 Å². The van der Waals surface area contributed by atoms with E-state index in [-0.39, 0.29) is 5.69 Å². The van der Waals surface area contributed by atoms with E-state index < -0.39 is 0 Å². The molecule has 0 fully saturated rings. The van der Waals surface area contributed by atoms with Crippen LogP contribution in [0.15, 0.2) is 29.1 Å². The highest BCUT2D eigenvalue weighted by Gasteiger charge is 2.10. The van der Waals surface area contributed by atoms with Crippen molar-refractivity contribution in [2.75, 3.05) is 0 Å². The Labute approximate surface area is 102 Å². The molecule has 2 rings (SSSR count). The third kappa shape index (κ3) is 2.14. The van der Waals surface area contributed by atoms with Gasteiger partial charge in [0.15, 0.2) is 0 Å². The van der Waals surface area contributed by atoms with Gasteiger partial charge in [-0.1, -0.05) is 32.4 Å². The van der Waals surface area contributed by atoms with Crippen LogP contribution in [0, 0.1) is 0 Å². The highest BCUT2D eigenvalue weighted by molar-refractivity contribution is 5.75. The van der Waals surface area contributed by atoms with Crippen molar-refractivity contribution >= 4 is 11.0 Å². The summed E-state index contributed by atoms with van der Waals surface area (Å²) in [5, 5.41) is 0. The van der Waals surface area contributed by atoms with Crippen molar-refractivity contribution in [2.45, 2.75) is 46.2 Å². The van der Waals surface area contributed by atoms with Crippen molar-refractivity contribution < 1.29 is 0 Å². The normalized spacial score (nSPS) is 11.2. The third-order valence-electron chi connectivity index (χ3n) is 3.11. The number of hydrogen-bond acceptors (Lipinski definition) is 1. The Kier molecular flexibility index (Phi) is 3.67. The largest absolute Gasteiger partial charge is 0.329 e. The van der Waals surface area contributed by atoms with E-state index in [9.17, 15) is 4.79 Å². The Morgan fingerprint density at radius 3 is 2.06 bits per heavy atom. The van der Waals surface area contributed by atoms with Gasteiger partial charge in [0.05, 0.1) is 11.0 Å². The van der Waals surface area contributed by atoms with Gasteiger partial charge in [-0.15, -0.1) is 0 Å². The highest BCUT2D eigenvalue weighted by Crippen LogP contribution is 2.13. The van der Waals surface area contributed by atoms with E-state index in [1.54, 1.807) is 0 Å². The summed E-state index contributed by atoms with van der Waals surface area (Å²) in [5.74, 6) is 0. The van der Waals surface area contributed by atoms with Crippen LogP contribution in [-0.2, 0) is 13.1 Å². The van der Waals surface area contributed by atoms with Crippen molar-refractivity contribution in [3.63, 3.8) is 0 Å². The van der Waals surface area contributed by atoms with Crippen molar-refractivity contribution in [3.8, 4) is 0 Å². The first kappa shape index (κ1) is 12.0. The molecule has 1 aromatic carbocycles. The van der Waals surface area contributed by atoms with Crippen LogP contribution in [0.2, 0.25) is 0 Å². The average Bonchev–Trinajstić information content (AvgIpc) is 2.61. The van der Waals surface area contributed by atoms with Crippen molar-refractivity contribution in [2.24, 2.45) is 0 Å². The molecule has 0 aliphatic carbocycles. The van der Waals surface area contributed by atoms with Crippen LogP contribution < -0.4 is 5.69 Å². The number of aromatic nitrogens is 2. The fourth-order valence-corrected chi connectivity index (χ4v) is 2.24. The van der Waals surface area contributed by atoms with Gasteiger partial charge in [-0.2, -0.15) is 0 Å². The fraction of sp³-hybridized carbons (Fsp3) is 0.500. The van der Waals surface area contributed by atoms with Crippen molar-refractivity contribution in [1.29, 1.82) is 0 Å². The molecular formula is C14H20N2O. The number of fused-ring (bicyclic) bond motifs is 1. The van der Waals surface area contributed by atoms with E-state index in [4.69, 9.17) is 0 Å². The summed E-state index contributed by atoms with van der Waals surface area (Å²) in [7, 11) is 0. The number of nitrogens with zero attached hydrogens (tertiary/aromatic N) is 2. The maximum Gasteiger partial charge on any atom is 0.329 e. The van der Waals surface area contributed by atoms with E-state index in [0.29, 0.717) is 0 Å². The van der Waals surface area contributed by atoms with Gasteiger partial charge in [-0.25, -0.2) is 4.79 Å². The monoisotopic (exact) mass is 232 g/mol. The first-order valence-electron chi connectivity index (χ1n) is 6.47. The van der Waals surface area contributed by atoms with E-state index in [2.05, 4.69) is 13.8 Å². The van der Waals surface area contributed by atoms with Gasteiger partial charge in [0.25, 0.3) is 0 Å². The molecule has 0 bridgehead atoms. The van der Waals surface area contributed by atoms with Gasteiger partial charge in [0.2, 0.25) is 0 Å². The third-order valence-corrected chi connectivity index (χ3v) is 3.11. The first-order valence-corrected chi connectivity index (χ1v) is 6.47. The van der Waals surface area contributed by atoms with Gasteiger partial charge in [-0.3, -0.25) is 9.13 Å². The summed E-state index contributed by atoms with van der Waals surface area (Å²) >= 11 is 0. The van der Waals surface area contributed by atoms with Crippen LogP contribution in [0.4, 0.5) is 0 Å². The standard InChI is InChI=1S/C14H20N2O/c1-3-5-11-16-13-9-7-6-8-12(13)15(10-4-2)14(16)17/h6-9H,3-5,10-11H2,1-2H3. The summed E-state index contributed by atoms with van der Waals surface area (Å²) in [5.41, 5.74) is 2.27. The molecule has 3 nitrogen and oxygen atoms in total. The lowest BCUT2D eigenvalue weighted by atomic mass is 10.3. The molecule has 3 heteroatoms. The molecule has 0 aliphatic heterocycles. The Morgan fingerprint density at radius 1 is 0.941 bits per heavy atom. The maximum absolute atomic E-state index is 12.3. The lowest BCUT2D eigenvalue weighted by Gasteiger charge is -2.00. The summed E-state index contributed by atoms with van der Waals surface area (Å²) in [6.07, 6.45) is 3.15. The zero-order valence-electron chi connectivity index (χ0n) is 10.6. The number of benzene rings is 1. The van der Waals surface area contributed by atoms with Gasteiger partial charge in [0.1, 0.15) is 0 Å². The van der Waals surface area contributed by atoms with E-state index in [1.165, 1.54) is 0 Å². The maximum atomic E-state index is 12.3.